The molecule has 5 heteroatoms. The zero-order chi connectivity index (χ0) is 14.8. The summed E-state index contributed by atoms with van der Waals surface area (Å²) < 4.78 is 13.7. The molecule has 0 unspecified atom stereocenters. The van der Waals surface area contributed by atoms with Crippen LogP contribution in [-0.4, -0.2) is 10.1 Å². The Morgan fingerprint density at radius 2 is 2.05 bits per heavy atom. The highest BCUT2D eigenvalue weighted by Crippen LogP contribution is 2.34. The van der Waals surface area contributed by atoms with Gasteiger partial charge in [0.25, 0.3) is 0 Å². The molecular weight excluding hydrogens is 263 g/mol. The number of phenols is 1. The summed E-state index contributed by atoms with van der Waals surface area (Å²) in [4.78, 5) is -0.0479. The van der Waals surface area contributed by atoms with E-state index in [-0.39, 0.29) is 16.3 Å². The van der Waals surface area contributed by atoms with Gasteiger partial charge in [0.15, 0.2) is 11.6 Å². The van der Waals surface area contributed by atoms with E-state index in [9.17, 15) is 9.50 Å². The third kappa shape index (κ3) is 3.52. The van der Waals surface area contributed by atoms with E-state index < -0.39 is 11.2 Å². The Hall–Kier alpha value is -1.93. The van der Waals surface area contributed by atoms with Gasteiger partial charge in [-0.2, -0.15) is 5.26 Å². The van der Waals surface area contributed by atoms with Gasteiger partial charge >= 0.3 is 0 Å². The van der Waals surface area contributed by atoms with E-state index >= 15 is 0 Å². The maximum Gasteiger partial charge on any atom is 0.165 e. The van der Waals surface area contributed by atoms with Gasteiger partial charge in [0, 0.05) is 5.56 Å². The maximum absolute atomic E-state index is 13.7. The van der Waals surface area contributed by atoms with Gasteiger partial charge in [-0.1, -0.05) is 33.0 Å². The molecule has 1 aromatic carbocycles. The molecule has 0 aliphatic carbocycles. The van der Waals surface area contributed by atoms with Crippen LogP contribution < -0.4 is 5.73 Å². The lowest BCUT2D eigenvalue weighted by Crippen LogP contribution is -2.13. The average Bonchev–Trinajstić information content (AvgIpc) is 2.28. The Labute approximate surface area is 117 Å². The average molecular weight is 278 g/mol. The molecule has 1 aromatic rings. The SMILES string of the molecule is CC(C)(C)c1cc(/C=C(\C#N)C(N)=S)cc(F)c1O. The summed E-state index contributed by atoms with van der Waals surface area (Å²) in [5, 5.41) is 18.6. The molecule has 0 aliphatic rings. The van der Waals surface area contributed by atoms with Gasteiger partial charge in [-0.25, -0.2) is 4.39 Å². The first-order chi connectivity index (χ1) is 8.66. The lowest BCUT2D eigenvalue weighted by molar-refractivity contribution is 0.409. The van der Waals surface area contributed by atoms with E-state index in [4.69, 9.17) is 23.2 Å². The summed E-state index contributed by atoms with van der Waals surface area (Å²) in [6.45, 7) is 5.56. The van der Waals surface area contributed by atoms with Crippen molar-refractivity contribution in [1.82, 2.24) is 0 Å². The summed E-state index contributed by atoms with van der Waals surface area (Å²) in [6, 6.07) is 4.61. The van der Waals surface area contributed by atoms with Crippen molar-refractivity contribution in [3.63, 3.8) is 0 Å². The molecule has 19 heavy (non-hydrogen) atoms. The van der Waals surface area contributed by atoms with E-state index in [0.29, 0.717) is 11.1 Å². The molecule has 100 valence electrons. The summed E-state index contributed by atoms with van der Waals surface area (Å²) in [5.74, 6) is -1.11. The number of nitrogens with two attached hydrogens (primary N) is 1. The van der Waals surface area contributed by atoms with E-state index in [1.165, 1.54) is 6.08 Å². The Morgan fingerprint density at radius 1 is 1.47 bits per heavy atom. The minimum atomic E-state index is -0.737. The van der Waals surface area contributed by atoms with Crippen molar-refractivity contribution >= 4 is 23.3 Å². The van der Waals surface area contributed by atoms with Crippen LogP contribution >= 0.6 is 12.2 Å². The fraction of sp³-hybridized carbons (Fsp3) is 0.286. The molecule has 0 saturated heterocycles. The molecular formula is C14H15FN2OS. The van der Waals surface area contributed by atoms with Crippen molar-refractivity contribution in [3.05, 3.63) is 34.6 Å². The van der Waals surface area contributed by atoms with Gasteiger partial charge in [0.1, 0.15) is 11.1 Å². The third-order valence-corrected chi connectivity index (χ3v) is 2.81. The molecule has 0 aromatic heterocycles. The lowest BCUT2D eigenvalue weighted by atomic mass is 9.85. The minimum absolute atomic E-state index is 0.0479. The molecule has 0 heterocycles. The third-order valence-electron chi connectivity index (χ3n) is 2.59. The second-order valence-corrected chi connectivity index (χ2v) is 5.62. The van der Waals surface area contributed by atoms with Crippen LogP contribution in [-0.2, 0) is 5.41 Å². The van der Waals surface area contributed by atoms with Crippen LogP contribution in [0.5, 0.6) is 5.75 Å². The predicted octanol–water partition coefficient (Wildman–Crippen LogP) is 3.02. The lowest BCUT2D eigenvalue weighted by Gasteiger charge is -2.21. The summed E-state index contributed by atoms with van der Waals surface area (Å²) in [7, 11) is 0. The molecule has 0 spiro atoms. The number of thiocarbonyl (C=S) groups is 1. The molecule has 0 saturated carbocycles. The molecule has 0 aliphatic heterocycles. The van der Waals surface area contributed by atoms with E-state index in [1.807, 2.05) is 26.8 Å². The van der Waals surface area contributed by atoms with Gasteiger partial charge in [-0.3, -0.25) is 0 Å². The Balaban J connectivity index is 3.46. The molecule has 0 amide bonds. The van der Waals surface area contributed by atoms with Crippen molar-refractivity contribution in [3.8, 4) is 11.8 Å². The van der Waals surface area contributed by atoms with Crippen LogP contribution in [0.2, 0.25) is 0 Å². The summed E-state index contributed by atoms with van der Waals surface area (Å²) in [5.41, 5.74) is 5.95. The zero-order valence-corrected chi connectivity index (χ0v) is 11.8. The van der Waals surface area contributed by atoms with Gasteiger partial charge in [-0.05, 0) is 29.2 Å². The molecule has 0 fully saturated rings. The number of nitriles is 1. The first-order valence-corrected chi connectivity index (χ1v) is 6.02. The van der Waals surface area contributed by atoms with Crippen LogP contribution in [0.4, 0.5) is 4.39 Å². The Bertz CT molecular complexity index is 595. The number of halogens is 1. The van der Waals surface area contributed by atoms with Crippen LogP contribution in [0, 0.1) is 17.1 Å². The molecule has 3 nitrogen and oxygen atoms in total. The number of benzene rings is 1. The van der Waals surface area contributed by atoms with Crippen LogP contribution in [0.15, 0.2) is 17.7 Å². The van der Waals surface area contributed by atoms with Gasteiger partial charge in [-0.15, -0.1) is 0 Å². The highest BCUT2D eigenvalue weighted by Gasteiger charge is 2.21. The smallest absolute Gasteiger partial charge is 0.165 e. The van der Waals surface area contributed by atoms with Crippen molar-refractivity contribution < 1.29 is 9.50 Å². The molecule has 3 N–H and O–H groups in total. The highest BCUT2D eigenvalue weighted by atomic mass is 32.1. The number of phenolic OH excluding ortho intramolecular Hbond substituents is 1. The number of hydrogen-bond acceptors (Lipinski definition) is 3. The van der Waals surface area contributed by atoms with E-state index in [2.05, 4.69) is 0 Å². The second kappa shape index (κ2) is 5.37. The number of aromatic hydroxyl groups is 1. The normalized spacial score (nSPS) is 12.1. The standard InChI is InChI=1S/C14H15FN2OS/c1-14(2,3)10-5-8(6-11(15)12(10)18)4-9(7-16)13(17)19/h4-6,18H,1-3H3,(H2,17,19)/b9-4+. The summed E-state index contributed by atoms with van der Waals surface area (Å²) in [6.07, 6.45) is 1.40. The maximum atomic E-state index is 13.7. The topological polar surface area (TPSA) is 70.0 Å². The Kier molecular flexibility index (Phi) is 4.28. The predicted molar refractivity (Wildman–Crippen MR) is 77.1 cm³/mol. The molecule has 0 bridgehead atoms. The fourth-order valence-electron chi connectivity index (χ4n) is 1.60. The van der Waals surface area contributed by atoms with Crippen LogP contribution in [0.1, 0.15) is 31.9 Å². The van der Waals surface area contributed by atoms with Gasteiger partial charge in [0.2, 0.25) is 0 Å². The Morgan fingerprint density at radius 3 is 2.47 bits per heavy atom. The monoisotopic (exact) mass is 278 g/mol. The highest BCUT2D eigenvalue weighted by molar-refractivity contribution is 7.80. The molecule has 0 atom stereocenters. The quantitative estimate of drug-likeness (QED) is 0.495. The zero-order valence-electron chi connectivity index (χ0n) is 11.0. The minimum Gasteiger partial charge on any atom is -0.505 e. The van der Waals surface area contributed by atoms with Crippen molar-refractivity contribution in [2.24, 2.45) is 5.73 Å². The first-order valence-electron chi connectivity index (χ1n) is 5.61. The van der Waals surface area contributed by atoms with Crippen molar-refractivity contribution in [2.45, 2.75) is 26.2 Å². The largest absolute Gasteiger partial charge is 0.505 e. The second-order valence-electron chi connectivity index (χ2n) is 5.18. The van der Waals surface area contributed by atoms with Crippen molar-refractivity contribution in [1.29, 1.82) is 5.26 Å². The number of rotatable bonds is 2. The van der Waals surface area contributed by atoms with Gasteiger partial charge in [0.05, 0.1) is 5.57 Å². The van der Waals surface area contributed by atoms with Crippen LogP contribution in [0.25, 0.3) is 6.08 Å². The summed E-state index contributed by atoms with van der Waals surface area (Å²) >= 11 is 4.72. The number of hydrogen-bond donors (Lipinski definition) is 2. The van der Waals surface area contributed by atoms with E-state index in [0.717, 1.165) is 6.07 Å². The number of nitrogens with zero attached hydrogens (tertiary/aromatic N) is 1. The van der Waals surface area contributed by atoms with Crippen LogP contribution in [0.3, 0.4) is 0 Å². The van der Waals surface area contributed by atoms with Crippen molar-refractivity contribution in [2.75, 3.05) is 0 Å². The van der Waals surface area contributed by atoms with E-state index in [1.54, 1.807) is 6.07 Å². The molecule has 0 radical (unpaired) electrons. The molecule has 1 rings (SSSR count). The fourth-order valence-corrected chi connectivity index (χ4v) is 1.70. The van der Waals surface area contributed by atoms with Gasteiger partial charge < -0.3 is 10.8 Å². The first kappa shape index (κ1) is 15.1.